The van der Waals surface area contributed by atoms with Crippen LogP contribution >= 0.6 is 0 Å². The van der Waals surface area contributed by atoms with Crippen LogP contribution in [0.1, 0.15) is 46.6 Å². The van der Waals surface area contributed by atoms with Gasteiger partial charge >= 0.3 is 5.97 Å². The van der Waals surface area contributed by atoms with E-state index >= 15 is 0 Å². The number of ether oxygens (including phenoxy) is 1. The Morgan fingerprint density at radius 2 is 1.72 bits per heavy atom. The second kappa shape index (κ2) is 5.01. The molecular weight excluding hydrogens is 228 g/mol. The molecule has 1 aromatic rings. The summed E-state index contributed by atoms with van der Waals surface area (Å²) < 4.78 is 5.89. The van der Waals surface area contributed by atoms with E-state index in [2.05, 4.69) is 20.8 Å². The monoisotopic (exact) mass is 250 g/mol. The molecular formula is C15H22O3. The number of hydrogen-bond donors (Lipinski definition) is 1. The molecule has 3 heteroatoms. The summed E-state index contributed by atoms with van der Waals surface area (Å²) in [6.07, 6.45) is -0.0223. The van der Waals surface area contributed by atoms with Crippen molar-refractivity contribution in [1.29, 1.82) is 0 Å². The number of carboxylic acid groups (broad SMARTS) is 1. The van der Waals surface area contributed by atoms with Gasteiger partial charge in [-0.1, -0.05) is 39.0 Å². The topological polar surface area (TPSA) is 46.5 Å². The van der Waals surface area contributed by atoms with E-state index in [9.17, 15) is 4.79 Å². The van der Waals surface area contributed by atoms with Crippen molar-refractivity contribution in [3.05, 3.63) is 29.8 Å². The van der Waals surface area contributed by atoms with Gasteiger partial charge in [0.1, 0.15) is 11.4 Å². The fourth-order valence-corrected chi connectivity index (χ4v) is 1.87. The predicted molar refractivity (Wildman–Crippen MR) is 72.1 cm³/mol. The number of benzene rings is 1. The fourth-order valence-electron chi connectivity index (χ4n) is 1.87. The van der Waals surface area contributed by atoms with Gasteiger partial charge in [-0.3, -0.25) is 4.79 Å². The van der Waals surface area contributed by atoms with Crippen molar-refractivity contribution < 1.29 is 14.6 Å². The van der Waals surface area contributed by atoms with Crippen molar-refractivity contribution in [2.24, 2.45) is 0 Å². The number of hydrogen-bond acceptors (Lipinski definition) is 2. The van der Waals surface area contributed by atoms with Gasteiger partial charge in [0.15, 0.2) is 0 Å². The van der Waals surface area contributed by atoms with Gasteiger partial charge in [0.05, 0.1) is 6.42 Å². The van der Waals surface area contributed by atoms with Crippen molar-refractivity contribution in [1.82, 2.24) is 0 Å². The summed E-state index contributed by atoms with van der Waals surface area (Å²) in [5.74, 6) is -0.0931. The first-order valence-corrected chi connectivity index (χ1v) is 6.12. The maximum Gasteiger partial charge on any atom is 0.307 e. The lowest BCUT2D eigenvalue weighted by molar-refractivity contribution is -0.140. The maximum absolute atomic E-state index is 10.8. The molecule has 0 aliphatic heterocycles. The molecule has 1 rings (SSSR count). The lowest BCUT2D eigenvalue weighted by Crippen LogP contribution is -2.32. The Morgan fingerprint density at radius 3 is 2.22 bits per heavy atom. The number of para-hydroxylation sites is 1. The molecule has 0 aliphatic carbocycles. The first kappa shape index (κ1) is 14.6. The molecule has 0 aromatic heterocycles. The minimum atomic E-state index is -0.853. The van der Waals surface area contributed by atoms with Gasteiger partial charge < -0.3 is 9.84 Å². The highest BCUT2D eigenvalue weighted by Gasteiger charge is 2.27. The molecule has 0 atom stereocenters. The molecule has 0 radical (unpaired) electrons. The van der Waals surface area contributed by atoms with Crippen molar-refractivity contribution in [2.75, 3.05) is 0 Å². The van der Waals surface area contributed by atoms with E-state index in [1.54, 1.807) is 13.8 Å². The molecule has 0 unspecified atom stereocenters. The molecule has 1 N–H and O–H groups in total. The molecule has 1 aromatic carbocycles. The summed E-state index contributed by atoms with van der Waals surface area (Å²) in [7, 11) is 0. The van der Waals surface area contributed by atoms with Crippen LogP contribution in [-0.4, -0.2) is 16.7 Å². The Bertz CT molecular complexity index is 428. The molecule has 18 heavy (non-hydrogen) atoms. The van der Waals surface area contributed by atoms with Crippen molar-refractivity contribution in [3.8, 4) is 5.75 Å². The minimum Gasteiger partial charge on any atom is -0.487 e. The van der Waals surface area contributed by atoms with Crippen LogP contribution in [0.15, 0.2) is 24.3 Å². The van der Waals surface area contributed by atoms with E-state index in [0.717, 1.165) is 11.3 Å². The molecule has 0 amide bonds. The van der Waals surface area contributed by atoms with Crippen LogP contribution in [0.4, 0.5) is 0 Å². The second-order valence-electron chi connectivity index (χ2n) is 6.18. The summed E-state index contributed by atoms with van der Waals surface area (Å²) in [5, 5.41) is 8.88. The van der Waals surface area contributed by atoms with Gasteiger partial charge in [-0.2, -0.15) is 0 Å². The average molecular weight is 250 g/mol. The van der Waals surface area contributed by atoms with E-state index in [1.807, 2.05) is 24.3 Å². The second-order valence-corrected chi connectivity index (χ2v) is 6.18. The zero-order chi connectivity index (χ0) is 14.0. The molecule has 0 saturated carbocycles. The summed E-state index contributed by atoms with van der Waals surface area (Å²) >= 11 is 0. The van der Waals surface area contributed by atoms with E-state index in [0.29, 0.717) is 0 Å². The van der Waals surface area contributed by atoms with E-state index in [4.69, 9.17) is 9.84 Å². The van der Waals surface area contributed by atoms with Gasteiger partial charge in [-0.15, -0.1) is 0 Å². The average Bonchev–Trinajstić information content (AvgIpc) is 2.13. The Kier molecular flexibility index (Phi) is 4.05. The van der Waals surface area contributed by atoms with E-state index in [-0.39, 0.29) is 11.8 Å². The highest BCUT2D eigenvalue weighted by molar-refractivity contribution is 5.68. The molecule has 0 heterocycles. The smallest absolute Gasteiger partial charge is 0.307 e. The van der Waals surface area contributed by atoms with Crippen LogP contribution in [0.5, 0.6) is 5.75 Å². The summed E-state index contributed by atoms with van der Waals surface area (Å²) in [6, 6.07) is 7.79. The van der Waals surface area contributed by atoms with Crippen molar-refractivity contribution in [2.45, 2.75) is 52.1 Å². The predicted octanol–water partition coefficient (Wildman–Crippen LogP) is 3.62. The third-order valence-electron chi connectivity index (χ3n) is 2.66. The van der Waals surface area contributed by atoms with Gasteiger partial charge in [0.2, 0.25) is 0 Å². The molecule has 100 valence electrons. The lowest BCUT2D eigenvalue weighted by atomic mass is 9.86. The van der Waals surface area contributed by atoms with Gasteiger partial charge in [-0.25, -0.2) is 0 Å². The molecule has 0 spiro atoms. The first-order valence-electron chi connectivity index (χ1n) is 6.12. The third kappa shape index (κ3) is 4.06. The van der Waals surface area contributed by atoms with Crippen LogP contribution in [0.3, 0.4) is 0 Å². The van der Waals surface area contributed by atoms with Crippen molar-refractivity contribution >= 4 is 5.97 Å². The zero-order valence-electron chi connectivity index (χ0n) is 11.8. The third-order valence-corrected chi connectivity index (χ3v) is 2.66. The number of aliphatic carboxylic acids is 1. The molecule has 0 saturated heterocycles. The van der Waals surface area contributed by atoms with Crippen LogP contribution in [-0.2, 0) is 10.2 Å². The highest BCUT2D eigenvalue weighted by atomic mass is 16.5. The molecule has 0 bridgehead atoms. The summed E-state index contributed by atoms with van der Waals surface area (Å²) in [5.41, 5.74) is 0.340. The largest absolute Gasteiger partial charge is 0.487 e. The summed E-state index contributed by atoms with van der Waals surface area (Å²) in [6.45, 7) is 9.92. The van der Waals surface area contributed by atoms with E-state index in [1.165, 1.54) is 0 Å². The first-order chi connectivity index (χ1) is 8.12. The lowest BCUT2D eigenvalue weighted by Gasteiger charge is -2.29. The Hall–Kier alpha value is -1.51. The maximum atomic E-state index is 10.8. The van der Waals surface area contributed by atoms with Crippen LogP contribution < -0.4 is 4.74 Å². The zero-order valence-corrected chi connectivity index (χ0v) is 11.8. The van der Waals surface area contributed by atoms with Gasteiger partial charge in [0.25, 0.3) is 0 Å². The Labute approximate surface area is 109 Å². The van der Waals surface area contributed by atoms with Crippen LogP contribution in [0, 0.1) is 0 Å². The Morgan fingerprint density at radius 1 is 1.17 bits per heavy atom. The number of rotatable bonds is 4. The Balaban J connectivity index is 3.01. The molecule has 0 fully saturated rings. The van der Waals surface area contributed by atoms with Gasteiger partial charge in [-0.05, 0) is 30.9 Å². The number of carboxylic acids is 1. The summed E-state index contributed by atoms with van der Waals surface area (Å²) in [4.78, 5) is 10.8. The molecule has 0 aliphatic rings. The van der Waals surface area contributed by atoms with Crippen molar-refractivity contribution in [3.63, 3.8) is 0 Å². The quantitative estimate of drug-likeness (QED) is 0.887. The van der Waals surface area contributed by atoms with Crippen LogP contribution in [0.2, 0.25) is 0 Å². The fraction of sp³-hybridized carbons (Fsp3) is 0.533. The normalized spacial score (nSPS) is 12.3. The van der Waals surface area contributed by atoms with E-state index < -0.39 is 11.6 Å². The minimum absolute atomic E-state index is 0.0223. The highest BCUT2D eigenvalue weighted by Crippen LogP contribution is 2.33. The molecule has 3 nitrogen and oxygen atoms in total. The standard InChI is InChI=1S/C15H22O3/c1-14(2,3)11-8-6-7-9-12(11)18-15(4,5)10-13(16)17/h6-9H,10H2,1-5H3,(H,16,17). The van der Waals surface area contributed by atoms with Crippen LogP contribution in [0.25, 0.3) is 0 Å². The van der Waals surface area contributed by atoms with Gasteiger partial charge in [0, 0.05) is 0 Å². The SMILES string of the molecule is CC(C)(CC(=O)O)Oc1ccccc1C(C)(C)C. The number of carbonyl (C=O) groups is 1.